The molecule has 101 heavy (non-hydrogen) atoms. The molecule has 0 fully saturated rings. The average molecular weight is 1410 g/mol. The molecule has 0 saturated carbocycles. The third-order valence-corrected chi connectivity index (χ3v) is 16.3. The van der Waals surface area contributed by atoms with Gasteiger partial charge in [-0.25, -0.2) is 49.0 Å². The molecule has 6 aromatic carbocycles. The SMILES string of the molecule is COc1ccc(N2Cc3ncc(NCC(F)(F)F)nc3N(c3ccc(Cl)cc3)C2=O)cc1.[2H]C([2H])([2H])Oc1ccc(N2C(=O)N(c3ccc4nc(C)n(C)c4c3)Cc3c(C)nc(NCC(F)(F)F)nc32)cc1.[2H]C([2H])([2H])Oc1ccc(N2C(=O)N(c3ccc4nn(C)cc4c3)Cc3ncc(OCC)nc32)cc1. The normalized spacial score (nSPS) is 14.8. The van der Waals surface area contributed by atoms with Crippen LogP contribution in [0.3, 0.4) is 0 Å². The Hall–Kier alpha value is -12.0. The van der Waals surface area contributed by atoms with Crippen molar-refractivity contribution in [3.05, 3.63) is 186 Å². The van der Waals surface area contributed by atoms with Crippen LogP contribution < -0.4 is 59.0 Å². The van der Waals surface area contributed by atoms with Crippen molar-refractivity contribution in [1.82, 2.24) is 49.2 Å². The second-order valence-electron chi connectivity index (χ2n) is 22.7. The van der Waals surface area contributed by atoms with Crippen molar-refractivity contribution in [2.24, 2.45) is 14.1 Å². The molecule has 8 heterocycles. The molecule has 3 aliphatic heterocycles. The van der Waals surface area contributed by atoms with E-state index in [0.717, 1.165) is 27.8 Å². The van der Waals surface area contributed by atoms with Gasteiger partial charge in [-0.1, -0.05) is 11.6 Å². The monoisotopic (exact) mass is 1410 g/mol. The number of aromatic nitrogens is 10. The Morgan fingerprint density at radius 2 is 1.05 bits per heavy atom. The van der Waals surface area contributed by atoms with Crippen LogP contribution in [0.4, 0.5) is 104 Å². The number of anilines is 11. The summed E-state index contributed by atoms with van der Waals surface area (Å²) in [5.74, 6) is 2.18. The van der Waals surface area contributed by atoms with Gasteiger partial charge in [-0.05, 0) is 154 Å². The van der Waals surface area contributed by atoms with E-state index in [4.69, 9.17) is 38.8 Å². The largest absolute Gasteiger partial charge is 0.497 e. The van der Waals surface area contributed by atoms with E-state index < -0.39 is 51.6 Å². The number of carbonyl (C=O) groups excluding carboxylic acids is 3. The fraction of sp³-hybridized carbons (Fsp3) is 0.232. The second kappa shape index (κ2) is 28.4. The lowest BCUT2D eigenvalue weighted by Gasteiger charge is -2.37. The Morgan fingerprint density at radius 1 is 0.554 bits per heavy atom. The summed E-state index contributed by atoms with van der Waals surface area (Å²) >= 11 is 5.98. The Kier molecular flexibility index (Phi) is 17.3. The molecule has 0 spiro atoms. The van der Waals surface area contributed by atoms with Gasteiger partial charge in [0.25, 0.3) is 0 Å². The highest BCUT2D eigenvalue weighted by Gasteiger charge is 2.40. The summed E-state index contributed by atoms with van der Waals surface area (Å²) in [4.78, 5) is 80.5. The zero-order chi connectivity index (χ0) is 76.6. The van der Waals surface area contributed by atoms with Crippen LogP contribution in [0, 0.1) is 13.8 Å². The number of ether oxygens (including phenoxy) is 4. The molecule has 0 atom stereocenters. The smallest absolute Gasteiger partial charge is 0.405 e. The van der Waals surface area contributed by atoms with E-state index in [1.54, 1.807) is 96.4 Å². The number of carbonyl (C=O) groups is 3. The van der Waals surface area contributed by atoms with Crippen molar-refractivity contribution in [3.63, 3.8) is 0 Å². The first-order valence-corrected chi connectivity index (χ1v) is 31.1. The summed E-state index contributed by atoms with van der Waals surface area (Å²) < 4.78 is 144. The zero-order valence-corrected chi connectivity index (χ0v) is 55.1. The number of nitrogens with one attached hydrogen (secondary N) is 2. The summed E-state index contributed by atoms with van der Waals surface area (Å²) in [5.41, 5.74) is 7.39. The first-order valence-electron chi connectivity index (χ1n) is 33.7. The van der Waals surface area contributed by atoms with Crippen molar-refractivity contribution in [2.75, 3.05) is 80.9 Å². The molecule has 0 saturated heterocycles. The Balaban J connectivity index is 0.000000151. The van der Waals surface area contributed by atoms with Gasteiger partial charge in [0, 0.05) is 53.3 Å². The number of urea groups is 3. The molecule has 5 aromatic heterocycles. The minimum atomic E-state index is -4.50. The van der Waals surface area contributed by atoms with Crippen LogP contribution in [0.2, 0.25) is 5.02 Å². The van der Waals surface area contributed by atoms with Crippen LogP contribution >= 0.6 is 11.6 Å². The molecular formula is C69H63ClF6N18O7. The highest BCUT2D eigenvalue weighted by Crippen LogP contribution is 2.42. The van der Waals surface area contributed by atoms with Crippen molar-refractivity contribution in [2.45, 2.75) is 52.8 Å². The number of nitrogens with zero attached hydrogens (tertiary/aromatic N) is 16. The molecule has 0 unspecified atom stereocenters. The van der Waals surface area contributed by atoms with Crippen molar-refractivity contribution in [1.29, 1.82) is 0 Å². The lowest BCUT2D eigenvalue weighted by atomic mass is 10.1. The van der Waals surface area contributed by atoms with Crippen LogP contribution in [0.25, 0.3) is 21.9 Å². The van der Waals surface area contributed by atoms with Crippen LogP contribution in [-0.4, -0.2) is 121 Å². The number of hydrogen-bond donors (Lipinski definition) is 2. The van der Waals surface area contributed by atoms with Gasteiger partial charge in [0.05, 0.1) is 107 Å². The Bertz CT molecular complexity index is 5140. The number of benzene rings is 6. The minimum absolute atomic E-state index is 0.0497. The van der Waals surface area contributed by atoms with Gasteiger partial charge in [0.15, 0.2) is 17.5 Å². The number of imidazole rings is 1. The lowest BCUT2D eigenvalue weighted by molar-refractivity contribution is -0.116. The van der Waals surface area contributed by atoms with E-state index >= 15 is 0 Å². The molecule has 520 valence electrons. The fourth-order valence-corrected chi connectivity index (χ4v) is 11.3. The lowest BCUT2D eigenvalue weighted by Crippen LogP contribution is -2.46. The number of hydrogen-bond acceptors (Lipinski definition) is 17. The third kappa shape index (κ3) is 14.9. The summed E-state index contributed by atoms with van der Waals surface area (Å²) in [6.45, 7) is 3.50. The number of halogens is 7. The highest BCUT2D eigenvalue weighted by molar-refractivity contribution is 6.30. The maximum absolute atomic E-state index is 14.0. The van der Waals surface area contributed by atoms with Gasteiger partial charge in [-0.2, -0.15) is 41.4 Å². The summed E-state index contributed by atoms with van der Waals surface area (Å²) in [5, 5.41) is 10.1. The van der Waals surface area contributed by atoms with Crippen molar-refractivity contribution < 1.29 is 67.9 Å². The van der Waals surface area contributed by atoms with Crippen LogP contribution in [0.1, 0.15) is 43.6 Å². The van der Waals surface area contributed by atoms with E-state index in [0.29, 0.717) is 85.8 Å². The fourth-order valence-electron chi connectivity index (χ4n) is 11.1. The van der Waals surface area contributed by atoms with Gasteiger partial charge in [-0.15, -0.1) is 0 Å². The molecule has 3 aliphatic rings. The van der Waals surface area contributed by atoms with Crippen molar-refractivity contribution >= 4 is 115 Å². The average Bonchev–Trinajstić information content (AvgIpc) is 0.924. The van der Waals surface area contributed by atoms with E-state index in [2.05, 4.69) is 50.6 Å². The zero-order valence-electron chi connectivity index (χ0n) is 60.3. The van der Waals surface area contributed by atoms with E-state index in [1.807, 2.05) is 63.0 Å². The number of aryl methyl sites for hydroxylation is 4. The highest BCUT2D eigenvalue weighted by atomic mass is 35.5. The first kappa shape index (κ1) is 61.3. The first-order chi connectivity index (χ1) is 50.7. The van der Waals surface area contributed by atoms with Crippen LogP contribution in [0.5, 0.6) is 23.1 Å². The Morgan fingerprint density at radius 3 is 1.62 bits per heavy atom. The second-order valence-corrected chi connectivity index (χ2v) is 23.2. The molecule has 2 N–H and O–H groups in total. The molecule has 6 amide bonds. The van der Waals surface area contributed by atoms with Gasteiger partial charge >= 0.3 is 30.4 Å². The molecule has 0 radical (unpaired) electrons. The minimum Gasteiger partial charge on any atom is -0.497 e. The van der Waals surface area contributed by atoms with Gasteiger partial charge in [0.2, 0.25) is 11.8 Å². The van der Waals surface area contributed by atoms with E-state index in [9.17, 15) is 40.7 Å². The predicted octanol–water partition coefficient (Wildman–Crippen LogP) is 14.7. The van der Waals surface area contributed by atoms with Gasteiger partial charge in [-0.3, -0.25) is 24.4 Å². The standard InChI is InChI=1S/C25H24F3N7O2.C23H22N6O3.C21H17ClF3N5O2/c1-14-19-12-34(17-7-10-20-21(11-17)33(3)15(2)31-20)24(36)35(16-5-8-18(37-4)9-6-16)22(19)32-23(30-14)29-13-25(26,27)28;1-4-32-21-12-24-20-14-28(17-7-10-19-15(11-17)13-27(2)26-19)23(30)29(22(20)25-21)16-5-8-18(31-3)9-6-16;1-32-16-8-6-14(7-9-16)29-11-17-19(28-18(10-26-17)27-12-21(23,24)25)30(20(29)31)15-4-2-13(22)3-5-15/h5-11H,12-13H2,1-4H3,(H,29,30,32);5-13H,4,14H2,1-3H3;2-10H,11-12H2,1H3,(H,27,28)/i4D3;3D3;. The quantitative estimate of drug-likeness (QED) is 0.0906. The number of alkyl halides is 6. The molecule has 11 aromatic rings. The maximum Gasteiger partial charge on any atom is 0.405 e. The maximum atomic E-state index is 14.0. The number of amides is 6. The number of methoxy groups -OCH3 is 3. The summed E-state index contributed by atoms with van der Waals surface area (Å²) in [6.07, 6.45) is -4.29. The molecule has 0 aliphatic carbocycles. The summed E-state index contributed by atoms with van der Waals surface area (Å²) in [7, 11) is 0.00552. The number of fused-ring (bicyclic) bond motifs is 5. The van der Waals surface area contributed by atoms with Gasteiger partial charge in [0.1, 0.15) is 53.4 Å². The molecule has 14 rings (SSSR count). The third-order valence-electron chi connectivity index (χ3n) is 16.1. The molecular weight excluding hydrogens is 1340 g/mol. The molecule has 25 nitrogen and oxygen atoms in total. The summed E-state index contributed by atoms with van der Waals surface area (Å²) in [6, 6.07) is 35.0. The molecule has 32 heteroatoms. The van der Waals surface area contributed by atoms with Crippen molar-refractivity contribution in [3.8, 4) is 23.1 Å². The van der Waals surface area contributed by atoms with E-state index in [-0.39, 0.29) is 60.6 Å². The van der Waals surface area contributed by atoms with Crippen LogP contribution in [0.15, 0.2) is 152 Å². The molecule has 0 bridgehead atoms. The topological polar surface area (TPSA) is 245 Å². The van der Waals surface area contributed by atoms with Crippen LogP contribution in [-0.2, 0) is 33.7 Å². The predicted molar refractivity (Wildman–Crippen MR) is 369 cm³/mol. The Labute approximate surface area is 586 Å². The van der Waals surface area contributed by atoms with Gasteiger partial charge < -0.3 is 34.1 Å². The number of rotatable bonds is 15. The van der Waals surface area contributed by atoms with E-state index in [1.165, 1.54) is 73.3 Å².